The van der Waals surface area contributed by atoms with E-state index in [1.54, 1.807) is 0 Å². The SMILES string of the molecule is CCNCc1ccc(N(CC)C2CCCCC2)c(Br)c1. The van der Waals surface area contributed by atoms with Crippen LogP contribution in [0.15, 0.2) is 22.7 Å². The van der Waals surface area contributed by atoms with Gasteiger partial charge in [-0.3, -0.25) is 0 Å². The van der Waals surface area contributed by atoms with Crippen molar-refractivity contribution in [3.05, 3.63) is 28.2 Å². The van der Waals surface area contributed by atoms with Crippen LogP contribution in [0.25, 0.3) is 0 Å². The summed E-state index contributed by atoms with van der Waals surface area (Å²) in [5.74, 6) is 0. The largest absolute Gasteiger partial charge is 0.368 e. The van der Waals surface area contributed by atoms with Crippen LogP contribution in [0.1, 0.15) is 51.5 Å². The summed E-state index contributed by atoms with van der Waals surface area (Å²) in [7, 11) is 0. The number of hydrogen-bond acceptors (Lipinski definition) is 2. The van der Waals surface area contributed by atoms with Crippen molar-refractivity contribution < 1.29 is 0 Å². The second kappa shape index (κ2) is 8.04. The summed E-state index contributed by atoms with van der Waals surface area (Å²) in [6.45, 7) is 7.47. The minimum absolute atomic E-state index is 0.727. The maximum atomic E-state index is 3.78. The average Bonchev–Trinajstić information content (AvgIpc) is 2.49. The summed E-state index contributed by atoms with van der Waals surface area (Å²) in [6, 6.07) is 7.54. The molecule has 2 rings (SSSR count). The summed E-state index contributed by atoms with van der Waals surface area (Å²) in [5.41, 5.74) is 2.71. The van der Waals surface area contributed by atoms with Crippen molar-refractivity contribution in [1.29, 1.82) is 0 Å². The third kappa shape index (κ3) is 3.98. The van der Waals surface area contributed by atoms with E-state index in [9.17, 15) is 0 Å². The zero-order valence-corrected chi connectivity index (χ0v) is 14.4. The Labute approximate surface area is 132 Å². The number of rotatable bonds is 6. The molecule has 0 radical (unpaired) electrons. The second-order valence-electron chi connectivity index (χ2n) is 5.64. The van der Waals surface area contributed by atoms with Crippen LogP contribution in [0, 0.1) is 0 Å². The Morgan fingerprint density at radius 3 is 2.55 bits per heavy atom. The lowest BCUT2D eigenvalue weighted by Gasteiger charge is -2.36. The highest BCUT2D eigenvalue weighted by molar-refractivity contribution is 9.10. The van der Waals surface area contributed by atoms with Gasteiger partial charge in [0.15, 0.2) is 0 Å². The molecule has 3 heteroatoms. The summed E-state index contributed by atoms with van der Waals surface area (Å²) in [6.07, 6.45) is 6.88. The van der Waals surface area contributed by atoms with Gasteiger partial charge >= 0.3 is 0 Å². The van der Waals surface area contributed by atoms with Crippen LogP contribution in [0.4, 0.5) is 5.69 Å². The first-order valence-electron chi connectivity index (χ1n) is 8.02. The molecule has 0 atom stereocenters. The van der Waals surface area contributed by atoms with Crippen LogP contribution in [0.2, 0.25) is 0 Å². The first-order chi connectivity index (χ1) is 9.76. The Morgan fingerprint density at radius 1 is 1.20 bits per heavy atom. The molecule has 2 nitrogen and oxygen atoms in total. The molecule has 112 valence electrons. The standard InChI is InChI=1S/C17H27BrN2/c1-3-19-13-14-10-11-17(16(18)12-14)20(4-2)15-8-6-5-7-9-15/h10-12,15,19H,3-9,13H2,1-2H3. The van der Waals surface area contributed by atoms with E-state index in [2.05, 4.69) is 58.2 Å². The van der Waals surface area contributed by atoms with Gasteiger partial charge in [0.1, 0.15) is 0 Å². The predicted octanol–water partition coefficient (Wildman–Crippen LogP) is 4.72. The Morgan fingerprint density at radius 2 is 1.95 bits per heavy atom. The van der Waals surface area contributed by atoms with Crippen molar-refractivity contribution in [3.63, 3.8) is 0 Å². The highest BCUT2D eigenvalue weighted by atomic mass is 79.9. The topological polar surface area (TPSA) is 15.3 Å². The van der Waals surface area contributed by atoms with Gasteiger partial charge in [-0.05, 0) is 59.9 Å². The number of benzene rings is 1. The number of hydrogen-bond donors (Lipinski definition) is 1. The van der Waals surface area contributed by atoms with E-state index in [0.29, 0.717) is 0 Å². The van der Waals surface area contributed by atoms with Gasteiger partial charge in [-0.25, -0.2) is 0 Å². The molecule has 0 amide bonds. The van der Waals surface area contributed by atoms with E-state index in [-0.39, 0.29) is 0 Å². The molecule has 0 spiro atoms. The number of halogens is 1. The van der Waals surface area contributed by atoms with Gasteiger partial charge in [0, 0.05) is 23.6 Å². The van der Waals surface area contributed by atoms with Gasteiger partial charge in [0.2, 0.25) is 0 Å². The van der Waals surface area contributed by atoms with Gasteiger partial charge in [-0.2, -0.15) is 0 Å². The smallest absolute Gasteiger partial charge is 0.0513 e. The number of anilines is 1. The van der Waals surface area contributed by atoms with Gasteiger partial charge < -0.3 is 10.2 Å². The van der Waals surface area contributed by atoms with E-state index in [4.69, 9.17) is 0 Å². The van der Waals surface area contributed by atoms with Crippen LogP contribution in [-0.4, -0.2) is 19.1 Å². The fraction of sp³-hybridized carbons (Fsp3) is 0.647. The van der Waals surface area contributed by atoms with Crippen LogP contribution >= 0.6 is 15.9 Å². The minimum Gasteiger partial charge on any atom is -0.368 e. The van der Waals surface area contributed by atoms with Crippen LogP contribution in [0.5, 0.6) is 0 Å². The average molecular weight is 339 g/mol. The third-order valence-corrected chi connectivity index (χ3v) is 4.89. The molecule has 1 fully saturated rings. The van der Waals surface area contributed by atoms with Gasteiger partial charge in [-0.1, -0.05) is 32.3 Å². The lowest BCUT2D eigenvalue weighted by molar-refractivity contribution is 0.418. The van der Waals surface area contributed by atoms with Gasteiger partial charge in [0.25, 0.3) is 0 Å². The maximum absolute atomic E-state index is 3.78. The summed E-state index contributed by atoms with van der Waals surface area (Å²) in [4.78, 5) is 2.58. The first-order valence-corrected chi connectivity index (χ1v) is 8.81. The molecule has 0 unspecified atom stereocenters. The van der Waals surface area contributed by atoms with Crippen molar-refractivity contribution >= 4 is 21.6 Å². The number of nitrogens with zero attached hydrogens (tertiary/aromatic N) is 1. The molecule has 0 bridgehead atoms. The van der Waals surface area contributed by atoms with Crippen LogP contribution in [0.3, 0.4) is 0 Å². The van der Waals surface area contributed by atoms with E-state index >= 15 is 0 Å². The summed E-state index contributed by atoms with van der Waals surface area (Å²) >= 11 is 3.78. The normalized spacial score (nSPS) is 16.4. The molecule has 1 N–H and O–H groups in total. The van der Waals surface area contributed by atoms with Crippen LogP contribution in [-0.2, 0) is 6.54 Å². The van der Waals surface area contributed by atoms with Crippen LogP contribution < -0.4 is 10.2 Å². The predicted molar refractivity (Wildman–Crippen MR) is 91.4 cm³/mol. The molecular weight excluding hydrogens is 312 g/mol. The second-order valence-corrected chi connectivity index (χ2v) is 6.50. The van der Waals surface area contributed by atoms with E-state index in [1.165, 1.54) is 47.8 Å². The van der Waals surface area contributed by atoms with Crippen molar-refractivity contribution in [2.24, 2.45) is 0 Å². The molecular formula is C17H27BrN2. The third-order valence-electron chi connectivity index (χ3n) is 4.26. The van der Waals surface area contributed by atoms with Crippen molar-refractivity contribution in [1.82, 2.24) is 5.32 Å². The summed E-state index contributed by atoms with van der Waals surface area (Å²) in [5, 5.41) is 3.38. The molecule has 20 heavy (non-hydrogen) atoms. The molecule has 0 aromatic heterocycles. The maximum Gasteiger partial charge on any atom is 0.0513 e. The Bertz CT molecular complexity index is 413. The van der Waals surface area contributed by atoms with Crippen molar-refractivity contribution in [2.75, 3.05) is 18.0 Å². The first kappa shape index (κ1) is 15.8. The fourth-order valence-corrected chi connectivity index (χ4v) is 3.83. The Hall–Kier alpha value is -0.540. The van der Waals surface area contributed by atoms with E-state index in [1.807, 2.05) is 0 Å². The lowest BCUT2D eigenvalue weighted by atomic mass is 9.93. The van der Waals surface area contributed by atoms with Crippen molar-refractivity contribution in [2.45, 2.75) is 58.5 Å². The highest BCUT2D eigenvalue weighted by Gasteiger charge is 2.21. The van der Waals surface area contributed by atoms with Gasteiger partial charge in [-0.15, -0.1) is 0 Å². The monoisotopic (exact) mass is 338 g/mol. The summed E-state index contributed by atoms with van der Waals surface area (Å²) < 4.78 is 1.24. The molecule has 1 aromatic carbocycles. The fourth-order valence-electron chi connectivity index (χ4n) is 3.18. The molecule has 0 heterocycles. The molecule has 1 aromatic rings. The molecule has 1 saturated carbocycles. The molecule has 1 aliphatic rings. The minimum atomic E-state index is 0.727. The zero-order chi connectivity index (χ0) is 14.4. The van der Waals surface area contributed by atoms with Gasteiger partial charge in [0.05, 0.1) is 5.69 Å². The zero-order valence-electron chi connectivity index (χ0n) is 12.8. The highest BCUT2D eigenvalue weighted by Crippen LogP contribution is 2.32. The van der Waals surface area contributed by atoms with E-state index < -0.39 is 0 Å². The molecule has 0 saturated heterocycles. The van der Waals surface area contributed by atoms with Crippen molar-refractivity contribution in [3.8, 4) is 0 Å². The molecule has 0 aliphatic heterocycles. The Kier molecular flexibility index (Phi) is 6.37. The lowest BCUT2D eigenvalue weighted by Crippen LogP contribution is -2.36. The van der Waals surface area contributed by atoms with E-state index in [0.717, 1.165) is 25.7 Å². The Balaban J connectivity index is 2.12. The quantitative estimate of drug-likeness (QED) is 0.807. The molecule has 1 aliphatic carbocycles. The number of nitrogens with one attached hydrogen (secondary N) is 1.